The van der Waals surface area contributed by atoms with Gasteiger partial charge in [-0.05, 0) is 20.8 Å². The second-order valence-corrected chi connectivity index (χ2v) is 4.16. The Bertz CT molecular complexity index is 425. The van der Waals surface area contributed by atoms with Crippen molar-refractivity contribution in [1.29, 1.82) is 0 Å². The molecule has 0 bridgehead atoms. The molecule has 0 spiro atoms. The minimum Gasteiger partial charge on any atom is -0.312 e. The number of halogens is 1. The Morgan fingerprint density at radius 3 is 2.31 bits per heavy atom. The molecule has 5 heteroatoms. The zero-order valence-corrected chi connectivity index (χ0v) is 8.47. The van der Waals surface area contributed by atoms with Crippen LogP contribution < -0.4 is 11.2 Å². The van der Waals surface area contributed by atoms with Crippen LogP contribution in [0.5, 0.6) is 0 Å². The molecule has 0 aliphatic heterocycles. The van der Waals surface area contributed by atoms with Crippen molar-refractivity contribution in [2.45, 2.75) is 26.3 Å². The molecule has 0 unspecified atom stereocenters. The number of hydrogen-bond acceptors (Lipinski definition) is 2. The van der Waals surface area contributed by atoms with Gasteiger partial charge in [0.2, 0.25) is 0 Å². The first-order valence-electron chi connectivity index (χ1n) is 3.85. The van der Waals surface area contributed by atoms with Crippen LogP contribution in [0.2, 0.25) is 5.02 Å². The summed E-state index contributed by atoms with van der Waals surface area (Å²) in [7, 11) is 0. The third kappa shape index (κ3) is 1.83. The number of hydrogen-bond donors (Lipinski definition) is 1. The maximum Gasteiger partial charge on any atom is 0.328 e. The van der Waals surface area contributed by atoms with Gasteiger partial charge in [-0.3, -0.25) is 9.36 Å². The van der Waals surface area contributed by atoms with Crippen molar-refractivity contribution in [3.05, 3.63) is 32.1 Å². The second kappa shape index (κ2) is 3.03. The lowest BCUT2D eigenvalue weighted by molar-refractivity contribution is 0.366. The van der Waals surface area contributed by atoms with Gasteiger partial charge in [0.15, 0.2) is 0 Å². The van der Waals surface area contributed by atoms with Crippen molar-refractivity contribution in [3.63, 3.8) is 0 Å². The van der Waals surface area contributed by atoms with E-state index in [1.54, 1.807) is 20.8 Å². The van der Waals surface area contributed by atoms with Crippen LogP contribution in [0.1, 0.15) is 20.8 Å². The number of aromatic amines is 1. The van der Waals surface area contributed by atoms with Crippen LogP contribution in [0.15, 0.2) is 15.8 Å². The summed E-state index contributed by atoms with van der Waals surface area (Å²) in [6.07, 6.45) is 1.20. The van der Waals surface area contributed by atoms with Gasteiger partial charge in [0, 0.05) is 11.7 Å². The van der Waals surface area contributed by atoms with E-state index in [0.717, 1.165) is 4.57 Å². The fraction of sp³-hybridized carbons (Fsp3) is 0.500. The highest BCUT2D eigenvalue weighted by molar-refractivity contribution is 6.30. The zero-order valence-electron chi connectivity index (χ0n) is 7.72. The molecule has 13 heavy (non-hydrogen) atoms. The lowest BCUT2D eigenvalue weighted by atomic mass is 10.1. The third-order valence-corrected chi connectivity index (χ3v) is 1.87. The maximum absolute atomic E-state index is 11.4. The first-order valence-corrected chi connectivity index (χ1v) is 4.22. The Morgan fingerprint density at radius 2 is 1.92 bits per heavy atom. The van der Waals surface area contributed by atoms with Gasteiger partial charge in [-0.2, -0.15) is 0 Å². The molecule has 1 rings (SSSR count). The predicted octanol–water partition coefficient (Wildman–Crippen LogP) is 0.945. The summed E-state index contributed by atoms with van der Waals surface area (Å²) < 4.78 is 1.09. The minimum atomic E-state index is -0.560. The van der Waals surface area contributed by atoms with Gasteiger partial charge in [0.25, 0.3) is 5.56 Å². The predicted molar refractivity (Wildman–Crippen MR) is 51.3 cm³/mol. The zero-order chi connectivity index (χ0) is 10.2. The summed E-state index contributed by atoms with van der Waals surface area (Å²) in [4.78, 5) is 25.1. The van der Waals surface area contributed by atoms with Gasteiger partial charge in [-0.25, -0.2) is 4.79 Å². The van der Waals surface area contributed by atoms with E-state index in [-0.39, 0.29) is 5.02 Å². The fourth-order valence-corrected chi connectivity index (χ4v) is 1.20. The average Bonchev–Trinajstić information content (AvgIpc) is 1.95. The van der Waals surface area contributed by atoms with Crippen LogP contribution in [0.25, 0.3) is 0 Å². The topological polar surface area (TPSA) is 54.9 Å². The Kier molecular flexibility index (Phi) is 2.34. The van der Waals surface area contributed by atoms with Crippen LogP contribution in [-0.2, 0) is 5.54 Å². The van der Waals surface area contributed by atoms with E-state index < -0.39 is 16.8 Å². The van der Waals surface area contributed by atoms with Crippen LogP contribution >= 0.6 is 11.6 Å². The van der Waals surface area contributed by atoms with Crippen LogP contribution in [0.3, 0.4) is 0 Å². The van der Waals surface area contributed by atoms with Crippen molar-refractivity contribution >= 4 is 11.6 Å². The molecule has 0 saturated carbocycles. The van der Waals surface area contributed by atoms with E-state index in [2.05, 4.69) is 4.98 Å². The molecule has 0 atom stereocenters. The second-order valence-electron chi connectivity index (χ2n) is 3.75. The van der Waals surface area contributed by atoms with Crippen molar-refractivity contribution < 1.29 is 0 Å². The average molecular weight is 203 g/mol. The number of H-pyrrole nitrogens is 1. The summed E-state index contributed by atoms with van der Waals surface area (Å²) >= 11 is 5.59. The molecule has 0 aliphatic rings. The van der Waals surface area contributed by atoms with Gasteiger partial charge < -0.3 is 4.98 Å². The number of rotatable bonds is 0. The first kappa shape index (κ1) is 10.1. The normalized spacial score (nSPS) is 11.7. The molecule has 0 amide bonds. The number of nitrogens with one attached hydrogen (secondary N) is 1. The summed E-state index contributed by atoms with van der Waals surface area (Å²) in [5, 5.41) is 0.0227. The lowest BCUT2D eigenvalue weighted by Gasteiger charge is -2.20. The van der Waals surface area contributed by atoms with E-state index in [9.17, 15) is 9.59 Å². The highest BCUT2D eigenvalue weighted by Gasteiger charge is 2.18. The van der Waals surface area contributed by atoms with Gasteiger partial charge in [0.1, 0.15) is 5.02 Å². The highest BCUT2D eigenvalue weighted by Crippen LogP contribution is 2.08. The van der Waals surface area contributed by atoms with Gasteiger partial charge in [-0.1, -0.05) is 11.6 Å². The molecule has 1 aromatic rings. The molecule has 0 aromatic carbocycles. The van der Waals surface area contributed by atoms with Gasteiger partial charge in [-0.15, -0.1) is 0 Å². The smallest absolute Gasteiger partial charge is 0.312 e. The number of aromatic nitrogens is 2. The molecule has 0 radical (unpaired) electrons. The molecule has 1 heterocycles. The molecule has 1 aromatic heterocycles. The van der Waals surface area contributed by atoms with Gasteiger partial charge in [0.05, 0.1) is 0 Å². The molecule has 0 saturated heterocycles. The molecular formula is C8H11ClN2O2. The molecule has 0 fully saturated rings. The van der Waals surface area contributed by atoms with Crippen LogP contribution in [-0.4, -0.2) is 9.55 Å². The largest absolute Gasteiger partial charge is 0.328 e. The quantitative estimate of drug-likeness (QED) is 0.681. The van der Waals surface area contributed by atoms with E-state index in [1.807, 2.05) is 0 Å². The molecule has 1 N–H and O–H groups in total. The summed E-state index contributed by atoms with van der Waals surface area (Å²) in [6, 6.07) is 0. The Morgan fingerprint density at radius 1 is 1.38 bits per heavy atom. The molecular weight excluding hydrogens is 192 g/mol. The van der Waals surface area contributed by atoms with E-state index in [4.69, 9.17) is 11.6 Å². The first-order chi connectivity index (χ1) is 5.84. The Hall–Kier alpha value is -1.03. The monoisotopic (exact) mass is 202 g/mol. The fourth-order valence-electron chi connectivity index (χ4n) is 1.06. The Labute approximate surface area is 80.2 Å². The standard InChI is InChI=1S/C8H11ClN2O2/c1-8(2,3)11-6(12)5(9)4-10-7(11)13/h4H,1-3H3,(H,10,13). The number of nitrogens with zero attached hydrogens (tertiary/aromatic N) is 1. The van der Waals surface area contributed by atoms with Gasteiger partial charge >= 0.3 is 5.69 Å². The molecule has 4 nitrogen and oxygen atoms in total. The van der Waals surface area contributed by atoms with E-state index >= 15 is 0 Å². The van der Waals surface area contributed by atoms with E-state index in [0.29, 0.717) is 0 Å². The lowest BCUT2D eigenvalue weighted by Crippen LogP contribution is -2.44. The van der Waals surface area contributed by atoms with Crippen molar-refractivity contribution in [2.75, 3.05) is 0 Å². The minimum absolute atomic E-state index is 0.0227. The van der Waals surface area contributed by atoms with E-state index in [1.165, 1.54) is 6.20 Å². The SMILES string of the molecule is CC(C)(C)n1c(=O)[nH]cc(Cl)c1=O. The van der Waals surface area contributed by atoms with Crippen molar-refractivity contribution in [3.8, 4) is 0 Å². The van der Waals surface area contributed by atoms with Crippen LogP contribution in [0.4, 0.5) is 0 Å². The highest BCUT2D eigenvalue weighted by atomic mass is 35.5. The summed E-state index contributed by atoms with van der Waals surface area (Å²) in [6.45, 7) is 5.29. The molecule has 72 valence electrons. The van der Waals surface area contributed by atoms with Crippen LogP contribution in [0, 0.1) is 0 Å². The summed E-state index contributed by atoms with van der Waals surface area (Å²) in [5.74, 6) is 0. The maximum atomic E-state index is 11.4. The molecule has 0 aliphatic carbocycles. The van der Waals surface area contributed by atoms with Crippen molar-refractivity contribution in [1.82, 2.24) is 9.55 Å². The Balaban J connectivity index is 3.63. The van der Waals surface area contributed by atoms with Crippen molar-refractivity contribution in [2.24, 2.45) is 0 Å². The summed E-state index contributed by atoms with van der Waals surface area (Å²) in [5.41, 5.74) is -1.46. The third-order valence-electron chi connectivity index (χ3n) is 1.60.